The van der Waals surface area contributed by atoms with Crippen LogP contribution in [0.4, 0.5) is 0 Å². The topological polar surface area (TPSA) is 96.1 Å². The Morgan fingerprint density at radius 1 is 0.867 bits per heavy atom. The van der Waals surface area contributed by atoms with Crippen molar-refractivity contribution in [1.29, 1.82) is 0 Å². The fourth-order valence-corrected chi connectivity index (χ4v) is 0.846. The van der Waals surface area contributed by atoms with Crippen molar-refractivity contribution in [2.24, 2.45) is 0 Å². The SMILES string of the molecule is CC(C)(C)[n+]1ccccc1.[O-][Cl+3]([O-])([O-])[O-]. The molecule has 1 aromatic rings. The Balaban J connectivity index is 0.000000336. The summed E-state index contributed by atoms with van der Waals surface area (Å²) in [5.74, 6) is 0. The lowest BCUT2D eigenvalue weighted by Gasteiger charge is -2.17. The Labute approximate surface area is 91.0 Å². The lowest BCUT2D eigenvalue weighted by Crippen LogP contribution is -2.68. The highest BCUT2D eigenvalue weighted by molar-refractivity contribution is 4.84. The maximum Gasteiger partial charge on any atom is 0.169 e. The molecule has 0 aliphatic heterocycles. The summed E-state index contributed by atoms with van der Waals surface area (Å²) in [4.78, 5) is 0. The van der Waals surface area contributed by atoms with Crippen molar-refractivity contribution in [3.05, 3.63) is 30.6 Å². The van der Waals surface area contributed by atoms with E-state index in [0.29, 0.717) is 0 Å². The number of nitrogens with zero attached hydrogens (tertiary/aromatic N) is 1. The van der Waals surface area contributed by atoms with Crippen LogP contribution in [0.25, 0.3) is 0 Å². The molecule has 0 N–H and O–H groups in total. The summed E-state index contributed by atoms with van der Waals surface area (Å²) in [6, 6.07) is 6.12. The Morgan fingerprint density at radius 3 is 1.40 bits per heavy atom. The molecule has 0 radical (unpaired) electrons. The Kier molecular flexibility index (Phi) is 5.13. The number of aromatic nitrogens is 1. The van der Waals surface area contributed by atoms with E-state index < -0.39 is 10.2 Å². The third kappa shape index (κ3) is 9.58. The molecule has 0 aromatic carbocycles. The maximum atomic E-state index is 8.49. The molecule has 0 aliphatic rings. The maximum absolute atomic E-state index is 8.49. The molecule has 0 saturated heterocycles. The largest absolute Gasteiger partial charge is 0.222 e. The fourth-order valence-electron chi connectivity index (χ4n) is 0.846. The van der Waals surface area contributed by atoms with E-state index in [1.807, 2.05) is 18.2 Å². The van der Waals surface area contributed by atoms with Crippen molar-refractivity contribution in [2.45, 2.75) is 26.3 Å². The molecule has 0 atom stereocenters. The number of pyridine rings is 1. The molecule has 0 saturated carbocycles. The highest BCUT2D eigenvalue weighted by Crippen LogP contribution is 2.01. The van der Waals surface area contributed by atoms with Crippen LogP contribution in [0, 0.1) is 10.2 Å². The first-order valence-electron chi connectivity index (χ1n) is 4.19. The number of hydrogen-bond acceptors (Lipinski definition) is 4. The Morgan fingerprint density at radius 2 is 1.20 bits per heavy atom. The van der Waals surface area contributed by atoms with Gasteiger partial charge in [0.15, 0.2) is 17.9 Å². The van der Waals surface area contributed by atoms with Crippen LogP contribution in [0.2, 0.25) is 0 Å². The normalized spacial score (nSPS) is 11.7. The lowest BCUT2D eigenvalue weighted by atomic mass is 10.1. The first kappa shape index (κ1) is 14.3. The molecule has 1 rings (SSSR count). The zero-order chi connectivity index (χ0) is 12.1. The van der Waals surface area contributed by atoms with Gasteiger partial charge in [0.25, 0.3) is 0 Å². The predicted molar refractivity (Wildman–Crippen MR) is 41.6 cm³/mol. The average Bonchev–Trinajstić information content (AvgIpc) is 2.01. The molecule has 5 nitrogen and oxygen atoms in total. The molecule has 0 aliphatic carbocycles. The van der Waals surface area contributed by atoms with Crippen molar-refractivity contribution >= 4 is 0 Å². The van der Waals surface area contributed by atoms with Crippen molar-refractivity contribution in [1.82, 2.24) is 0 Å². The van der Waals surface area contributed by atoms with Crippen molar-refractivity contribution < 1.29 is 33.4 Å². The summed E-state index contributed by atoms with van der Waals surface area (Å²) < 4.78 is 36.2. The average molecular weight is 236 g/mol. The van der Waals surface area contributed by atoms with Gasteiger partial charge in [-0.3, -0.25) is 0 Å². The van der Waals surface area contributed by atoms with Gasteiger partial charge in [0.2, 0.25) is 0 Å². The van der Waals surface area contributed by atoms with Gasteiger partial charge in [-0.1, -0.05) is 6.07 Å². The molecule has 0 spiro atoms. The summed E-state index contributed by atoms with van der Waals surface area (Å²) in [6.07, 6.45) is 4.17. The number of hydrogen-bond donors (Lipinski definition) is 0. The highest BCUT2D eigenvalue weighted by atomic mass is 35.7. The second-order valence-electron chi connectivity index (χ2n) is 3.83. The highest BCUT2D eigenvalue weighted by Gasteiger charge is 2.19. The minimum absolute atomic E-state index is 0.210. The van der Waals surface area contributed by atoms with E-state index in [4.69, 9.17) is 18.6 Å². The summed E-state index contributed by atoms with van der Waals surface area (Å²) in [6.45, 7) is 6.56. The summed E-state index contributed by atoms with van der Waals surface area (Å²) in [7, 11) is -4.94. The molecule has 86 valence electrons. The van der Waals surface area contributed by atoms with Crippen LogP contribution >= 0.6 is 0 Å². The Bertz CT molecular complexity index is 272. The van der Waals surface area contributed by atoms with Crippen LogP contribution in [0.5, 0.6) is 0 Å². The first-order valence-corrected chi connectivity index (χ1v) is 5.42. The molecular weight excluding hydrogens is 222 g/mol. The van der Waals surface area contributed by atoms with E-state index in [1.165, 1.54) is 0 Å². The van der Waals surface area contributed by atoms with Crippen LogP contribution in [0.15, 0.2) is 30.6 Å². The van der Waals surface area contributed by atoms with E-state index in [0.717, 1.165) is 0 Å². The van der Waals surface area contributed by atoms with Gasteiger partial charge in [0.1, 0.15) is 0 Å². The molecule has 0 amide bonds. The number of halogens is 1. The molecular formula is C9H14ClNO4. The van der Waals surface area contributed by atoms with E-state index >= 15 is 0 Å². The van der Waals surface area contributed by atoms with Crippen LogP contribution in [-0.4, -0.2) is 0 Å². The quantitative estimate of drug-likeness (QED) is 0.447. The second kappa shape index (κ2) is 5.39. The zero-order valence-corrected chi connectivity index (χ0v) is 9.60. The van der Waals surface area contributed by atoms with E-state index in [-0.39, 0.29) is 5.54 Å². The van der Waals surface area contributed by atoms with Crippen LogP contribution < -0.4 is 23.2 Å². The van der Waals surface area contributed by atoms with Crippen LogP contribution in [0.1, 0.15) is 20.8 Å². The fraction of sp³-hybridized carbons (Fsp3) is 0.444. The molecule has 0 unspecified atom stereocenters. The lowest BCUT2D eigenvalue weighted by molar-refractivity contribution is -2.00. The molecule has 6 heteroatoms. The minimum atomic E-state index is -4.94. The van der Waals surface area contributed by atoms with E-state index in [1.54, 1.807) is 0 Å². The monoisotopic (exact) mass is 235 g/mol. The number of rotatable bonds is 0. The van der Waals surface area contributed by atoms with Gasteiger partial charge in [-0.25, -0.2) is 23.2 Å². The van der Waals surface area contributed by atoms with Gasteiger partial charge in [-0.15, -0.1) is 10.2 Å². The zero-order valence-electron chi connectivity index (χ0n) is 8.84. The molecule has 0 bridgehead atoms. The van der Waals surface area contributed by atoms with Gasteiger partial charge in [-0.2, -0.15) is 0 Å². The molecule has 1 heterocycles. The van der Waals surface area contributed by atoms with E-state index in [9.17, 15) is 0 Å². The first-order chi connectivity index (χ1) is 6.61. The van der Waals surface area contributed by atoms with Gasteiger partial charge in [0.05, 0.1) is 0 Å². The molecule has 1 aromatic heterocycles. The van der Waals surface area contributed by atoms with Gasteiger partial charge < -0.3 is 0 Å². The van der Waals surface area contributed by atoms with Gasteiger partial charge in [0, 0.05) is 32.9 Å². The van der Waals surface area contributed by atoms with Gasteiger partial charge in [-0.05, 0) is 0 Å². The molecule has 15 heavy (non-hydrogen) atoms. The summed E-state index contributed by atoms with van der Waals surface area (Å²) >= 11 is 0. The van der Waals surface area contributed by atoms with Crippen molar-refractivity contribution in [3.63, 3.8) is 0 Å². The van der Waals surface area contributed by atoms with Crippen LogP contribution in [0.3, 0.4) is 0 Å². The summed E-state index contributed by atoms with van der Waals surface area (Å²) in [5, 5.41) is 0. The third-order valence-electron chi connectivity index (χ3n) is 1.49. The van der Waals surface area contributed by atoms with Crippen LogP contribution in [-0.2, 0) is 5.54 Å². The predicted octanol–water partition coefficient (Wildman–Crippen LogP) is -3.03. The Hall–Kier alpha value is -0.720. The van der Waals surface area contributed by atoms with Gasteiger partial charge >= 0.3 is 0 Å². The smallest absolute Gasteiger partial charge is 0.169 e. The molecule has 0 fully saturated rings. The standard InChI is InChI=1S/C9H14N.ClHO4/c1-9(2,3)10-7-5-4-6-8-10;2-1(3,4)5/h4-8H,1-3H3;(H,2,3,4,5)/q+1;/p-1. The second-order valence-corrected chi connectivity index (χ2v) is 4.59. The van der Waals surface area contributed by atoms with Crippen molar-refractivity contribution in [3.8, 4) is 0 Å². The van der Waals surface area contributed by atoms with E-state index in [2.05, 4.69) is 37.7 Å². The third-order valence-corrected chi connectivity index (χ3v) is 1.49. The minimum Gasteiger partial charge on any atom is -0.222 e. The summed E-state index contributed by atoms with van der Waals surface area (Å²) in [5.41, 5.74) is 0.210. The van der Waals surface area contributed by atoms with Crippen molar-refractivity contribution in [2.75, 3.05) is 0 Å².